The summed E-state index contributed by atoms with van der Waals surface area (Å²) in [4.78, 5) is 12.7. The van der Waals surface area contributed by atoms with Gasteiger partial charge in [-0.1, -0.05) is 188 Å². The quantitative estimate of drug-likeness (QED) is 0.147. The second-order valence-corrected chi connectivity index (χ2v) is 14.6. The van der Waals surface area contributed by atoms with E-state index in [1.54, 1.807) is 0 Å². The molecule has 0 saturated carbocycles. The molecule has 0 aliphatic carbocycles. The number of benzene rings is 9. The van der Waals surface area contributed by atoms with Crippen LogP contribution in [-0.4, -0.2) is 9.97 Å². The van der Waals surface area contributed by atoms with Gasteiger partial charge in [0.2, 0.25) is 0 Å². The maximum atomic E-state index is 5.20. The molecule has 0 spiro atoms. The minimum absolute atomic E-state index is 0.852. The molecule has 0 amide bonds. The Labute approximate surface area is 345 Å². The summed E-state index contributed by atoms with van der Waals surface area (Å²) in [6, 6.07) is 83.6. The van der Waals surface area contributed by atoms with Crippen LogP contribution in [0, 0.1) is 0 Å². The Balaban J connectivity index is 1.17. The lowest BCUT2D eigenvalue weighted by molar-refractivity contribution is 1.27. The van der Waals surface area contributed by atoms with Crippen LogP contribution in [-0.2, 0) is 0 Å². The number of anilines is 3. The zero-order chi connectivity index (χ0) is 39.4. The molecule has 3 nitrogen and oxygen atoms in total. The Morgan fingerprint density at radius 2 is 0.542 bits per heavy atom. The van der Waals surface area contributed by atoms with Crippen LogP contribution in [0.3, 0.4) is 0 Å². The molecule has 278 valence electrons. The fourth-order valence-corrected chi connectivity index (χ4v) is 8.01. The van der Waals surface area contributed by atoms with E-state index in [2.05, 4.69) is 211 Å². The van der Waals surface area contributed by atoms with Gasteiger partial charge in [0.15, 0.2) is 0 Å². The predicted molar refractivity (Wildman–Crippen MR) is 247 cm³/mol. The van der Waals surface area contributed by atoms with Crippen LogP contribution in [0.2, 0.25) is 0 Å². The van der Waals surface area contributed by atoms with E-state index in [4.69, 9.17) is 9.97 Å². The molecule has 0 aliphatic heterocycles. The van der Waals surface area contributed by atoms with Crippen molar-refractivity contribution < 1.29 is 0 Å². The highest BCUT2D eigenvalue weighted by Gasteiger charge is 2.20. The Hall–Kier alpha value is -7.88. The number of hydrogen-bond donors (Lipinski definition) is 0. The van der Waals surface area contributed by atoms with Gasteiger partial charge in [0.25, 0.3) is 0 Å². The van der Waals surface area contributed by atoms with Gasteiger partial charge in [-0.15, -0.1) is 0 Å². The smallest absolute Gasteiger partial charge is 0.0973 e. The van der Waals surface area contributed by atoms with Crippen molar-refractivity contribution in [2.75, 3.05) is 4.90 Å². The molecule has 0 bridgehead atoms. The molecule has 0 radical (unpaired) electrons. The van der Waals surface area contributed by atoms with Gasteiger partial charge >= 0.3 is 0 Å². The molecule has 0 aliphatic rings. The van der Waals surface area contributed by atoms with Crippen LogP contribution in [0.5, 0.6) is 0 Å². The Morgan fingerprint density at radius 1 is 0.237 bits per heavy atom. The van der Waals surface area contributed by atoms with Crippen molar-refractivity contribution in [1.29, 1.82) is 0 Å². The molecule has 1 heterocycles. The zero-order valence-corrected chi connectivity index (χ0v) is 32.4. The van der Waals surface area contributed by atoms with Crippen molar-refractivity contribution in [2.24, 2.45) is 0 Å². The summed E-state index contributed by atoms with van der Waals surface area (Å²) in [5, 5.41) is 0. The first-order valence-corrected chi connectivity index (χ1v) is 20.0. The average molecular weight is 754 g/mol. The topological polar surface area (TPSA) is 29.0 Å². The van der Waals surface area contributed by atoms with Crippen LogP contribution >= 0.6 is 0 Å². The van der Waals surface area contributed by atoms with E-state index >= 15 is 0 Å². The third-order valence-corrected chi connectivity index (χ3v) is 10.9. The summed E-state index contributed by atoms with van der Waals surface area (Å²) < 4.78 is 0. The normalized spacial score (nSPS) is 11.1. The van der Waals surface area contributed by atoms with Crippen LogP contribution in [0.15, 0.2) is 237 Å². The van der Waals surface area contributed by atoms with Gasteiger partial charge in [0, 0.05) is 28.2 Å². The number of aromatic nitrogens is 2. The Morgan fingerprint density at radius 3 is 0.932 bits per heavy atom. The van der Waals surface area contributed by atoms with Crippen molar-refractivity contribution in [3.8, 4) is 67.0 Å². The molecule has 3 heteroatoms. The van der Waals surface area contributed by atoms with Crippen LogP contribution in [0.1, 0.15) is 0 Å². The van der Waals surface area contributed by atoms with E-state index in [1.807, 2.05) is 30.3 Å². The van der Waals surface area contributed by atoms with Crippen molar-refractivity contribution in [2.45, 2.75) is 0 Å². The van der Waals surface area contributed by atoms with Gasteiger partial charge in [-0.2, -0.15) is 0 Å². The molecule has 10 rings (SSSR count). The first-order chi connectivity index (χ1) is 29.3. The summed E-state index contributed by atoms with van der Waals surface area (Å²) in [6.07, 6.45) is 0. The summed E-state index contributed by atoms with van der Waals surface area (Å²) in [6.45, 7) is 0. The van der Waals surface area contributed by atoms with Crippen molar-refractivity contribution in [3.05, 3.63) is 237 Å². The third kappa shape index (κ3) is 7.18. The van der Waals surface area contributed by atoms with Crippen LogP contribution in [0.25, 0.3) is 78.1 Å². The Bertz CT molecular complexity index is 2880. The van der Waals surface area contributed by atoms with E-state index in [9.17, 15) is 0 Å². The first-order valence-electron chi connectivity index (χ1n) is 20.0. The van der Waals surface area contributed by atoms with E-state index in [-0.39, 0.29) is 0 Å². The number of nitrogens with zero attached hydrogens (tertiary/aromatic N) is 3. The molecule has 0 unspecified atom stereocenters. The molecular weight excluding hydrogens is 715 g/mol. The highest BCUT2D eigenvalue weighted by atomic mass is 15.1. The molecule has 1 aromatic heterocycles. The summed E-state index contributed by atoms with van der Waals surface area (Å²) >= 11 is 0. The van der Waals surface area contributed by atoms with Gasteiger partial charge in [0.05, 0.1) is 22.4 Å². The van der Waals surface area contributed by atoms with Gasteiger partial charge in [-0.25, -0.2) is 9.97 Å². The number of hydrogen-bond acceptors (Lipinski definition) is 3. The molecule has 9 aromatic carbocycles. The predicted octanol–water partition coefficient (Wildman–Crippen LogP) is 15.1. The fourth-order valence-electron chi connectivity index (χ4n) is 8.01. The lowest BCUT2D eigenvalue weighted by Gasteiger charge is -2.28. The lowest BCUT2D eigenvalue weighted by atomic mass is 9.92. The molecule has 0 saturated heterocycles. The molecule has 59 heavy (non-hydrogen) atoms. The summed E-state index contributed by atoms with van der Waals surface area (Å²) in [7, 11) is 0. The molecule has 0 fully saturated rings. The second-order valence-electron chi connectivity index (χ2n) is 14.6. The number of para-hydroxylation sites is 2. The number of rotatable bonds is 9. The minimum atomic E-state index is 0.852. The van der Waals surface area contributed by atoms with E-state index in [0.29, 0.717) is 0 Å². The first kappa shape index (κ1) is 35.5. The van der Waals surface area contributed by atoms with Crippen molar-refractivity contribution in [3.63, 3.8) is 0 Å². The largest absolute Gasteiger partial charge is 0.310 e. The second kappa shape index (κ2) is 15.9. The zero-order valence-electron chi connectivity index (χ0n) is 32.4. The van der Waals surface area contributed by atoms with Crippen molar-refractivity contribution >= 4 is 28.1 Å². The maximum absolute atomic E-state index is 5.20. The van der Waals surface area contributed by atoms with Gasteiger partial charge in [-0.3, -0.25) is 0 Å². The van der Waals surface area contributed by atoms with Crippen molar-refractivity contribution in [1.82, 2.24) is 9.97 Å². The summed E-state index contributed by atoms with van der Waals surface area (Å²) in [5.41, 5.74) is 18.0. The SMILES string of the molecule is c1ccc(-c2ccc(N(c3ccc(-c4nc5ccccc5nc4-c4ccccc4)cc3)c3ccc(-c4ccccc4)c(-c4ccccc4)c3)cc2-c2ccccc2)cc1. The maximum Gasteiger partial charge on any atom is 0.0973 e. The molecule has 0 atom stereocenters. The van der Waals surface area contributed by atoms with Gasteiger partial charge in [-0.05, 0) is 93.0 Å². The average Bonchev–Trinajstić information content (AvgIpc) is 3.33. The van der Waals surface area contributed by atoms with Crippen LogP contribution in [0.4, 0.5) is 17.1 Å². The molecular formula is C56H39N3. The summed E-state index contributed by atoms with van der Waals surface area (Å²) in [5.74, 6) is 0. The van der Waals surface area contributed by atoms with Crippen LogP contribution < -0.4 is 4.90 Å². The Kier molecular flexibility index (Phi) is 9.59. The van der Waals surface area contributed by atoms with Gasteiger partial charge in [0.1, 0.15) is 0 Å². The van der Waals surface area contributed by atoms with E-state index in [0.717, 1.165) is 61.7 Å². The van der Waals surface area contributed by atoms with Gasteiger partial charge < -0.3 is 4.90 Å². The standard InChI is InChI=1S/C56H39N3/c1-6-18-40(19-7-1)49-36-34-47(38-51(49)42-22-10-3-11-23-42)59(48-35-37-50(41-20-8-2-9-21-41)52(39-48)43-24-12-4-13-25-43)46-32-30-45(31-33-46)56-55(44-26-14-5-15-27-44)57-53-28-16-17-29-54(53)58-56/h1-39H. The fraction of sp³-hybridized carbons (Fsp3) is 0. The molecule has 0 N–H and O–H groups in total. The van der Waals surface area contributed by atoms with E-state index < -0.39 is 0 Å². The number of fused-ring (bicyclic) bond motifs is 1. The monoisotopic (exact) mass is 753 g/mol. The lowest BCUT2D eigenvalue weighted by Crippen LogP contribution is -2.11. The molecule has 10 aromatic rings. The van der Waals surface area contributed by atoms with E-state index in [1.165, 1.54) is 33.4 Å². The minimum Gasteiger partial charge on any atom is -0.310 e. The highest BCUT2D eigenvalue weighted by Crippen LogP contribution is 2.44. The third-order valence-electron chi connectivity index (χ3n) is 10.9. The highest BCUT2D eigenvalue weighted by molar-refractivity contribution is 5.93.